The van der Waals surface area contributed by atoms with E-state index >= 15 is 0 Å². The van der Waals surface area contributed by atoms with Gasteiger partial charge in [0, 0.05) is 6.42 Å². The Morgan fingerprint density at radius 1 is 1.31 bits per heavy atom. The minimum absolute atomic E-state index is 0.277. The van der Waals surface area contributed by atoms with Crippen molar-refractivity contribution in [3.8, 4) is 0 Å². The van der Waals surface area contributed by atoms with Crippen molar-refractivity contribution in [1.29, 1.82) is 0 Å². The summed E-state index contributed by atoms with van der Waals surface area (Å²) in [6, 6.07) is 0. The maximum Gasteiger partial charge on any atom is 0.192 e. The minimum Gasteiger partial charge on any atom is -0.394 e. The van der Waals surface area contributed by atoms with Crippen molar-refractivity contribution in [3.05, 3.63) is 0 Å². The molecule has 0 saturated carbocycles. The van der Waals surface area contributed by atoms with Crippen molar-refractivity contribution in [3.63, 3.8) is 0 Å². The summed E-state index contributed by atoms with van der Waals surface area (Å²) in [6.07, 6.45) is -3.79. The summed E-state index contributed by atoms with van der Waals surface area (Å²) in [7, 11) is 0. The Hall–Kier alpha value is -0.240. The first-order chi connectivity index (χ1) is 6.02. The molecule has 0 spiro atoms. The molecule has 0 amide bonds. The Labute approximate surface area is 75.0 Å². The molecule has 78 valence electrons. The molecule has 1 rings (SSSR count). The Morgan fingerprint density at radius 2 is 1.92 bits per heavy atom. The Kier molecular flexibility index (Phi) is 3.23. The van der Waals surface area contributed by atoms with Crippen LogP contribution in [0, 0.1) is 0 Å². The number of rotatable bonds is 2. The second-order valence-electron chi connectivity index (χ2n) is 3.21. The van der Waals surface area contributed by atoms with Gasteiger partial charge in [0.25, 0.3) is 0 Å². The molecule has 0 radical (unpaired) electrons. The highest BCUT2D eigenvalue weighted by Crippen LogP contribution is 2.26. The molecule has 1 heterocycles. The third kappa shape index (κ3) is 2.16. The van der Waals surface area contributed by atoms with Crippen molar-refractivity contribution in [2.75, 3.05) is 13.2 Å². The van der Waals surface area contributed by atoms with E-state index in [2.05, 4.69) is 0 Å². The van der Waals surface area contributed by atoms with Crippen LogP contribution in [0.5, 0.6) is 0 Å². The lowest BCUT2D eigenvalue weighted by molar-refractivity contribution is -0.315. The number of ether oxygens (including phenoxy) is 1. The van der Waals surface area contributed by atoms with Gasteiger partial charge in [-0.3, -0.25) is 0 Å². The van der Waals surface area contributed by atoms with Gasteiger partial charge in [0.1, 0.15) is 12.2 Å². The molecule has 0 aromatic carbocycles. The average Bonchev–Trinajstić information content (AvgIpc) is 2.11. The first kappa shape index (κ1) is 10.8. The number of aliphatic hydroxyl groups is 5. The smallest absolute Gasteiger partial charge is 0.192 e. The van der Waals surface area contributed by atoms with Crippen LogP contribution in [0.25, 0.3) is 0 Å². The van der Waals surface area contributed by atoms with Gasteiger partial charge >= 0.3 is 0 Å². The molecule has 0 aromatic rings. The average molecular weight is 194 g/mol. The SMILES string of the molecule is OC[C@H]1O[C@@](O)(CO)C[C@@H](O)[C@@H]1O. The van der Waals surface area contributed by atoms with E-state index in [0.717, 1.165) is 0 Å². The third-order valence-electron chi connectivity index (χ3n) is 2.10. The molecule has 0 aliphatic carbocycles. The van der Waals surface area contributed by atoms with Crippen LogP contribution in [0.4, 0.5) is 0 Å². The maximum atomic E-state index is 9.42. The van der Waals surface area contributed by atoms with Crippen LogP contribution in [0.1, 0.15) is 6.42 Å². The summed E-state index contributed by atoms with van der Waals surface area (Å²) in [4.78, 5) is 0. The van der Waals surface area contributed by atoms with Crippen molar-refractivity contribution < 1.29 is 30.3 Å². The first-order valence-electron chi connectivity index (χ1n) is 4.00. The van der Waals surface area contributed by atoms with Gasteiger partial charge in [-0.2, -0.15) is 0 Å². The molecule has 4 atom stereocenters. The molecule has 1 fully saturated rings. The Morgan fingerprint density at radius 3 is 2.38 bits per heavy atom. The second kappa shape index (κ2) is 3.87. The zero-order valence-corrected chi connectivity index (χ0v) is 7.00. The fourth-order valence-corrected chi connectivity index (χ4v) is 1.34. The number of aliphatic hydroxyl groups excluding tert-OH is 4. The van der Waals surface area contributed by atoms with Crippen molar-refractivity contribution in [1.82, 2.24) is 0 Å². The predicted molar refractivity (Wildman–Crippen MR) is 40.6 cm³/mol. The van der Waals surface area contributed by atoms with Crippen LogP contribution < -0.4 is 0 Å². The highest BCUT2D eigenvalue weighted by molar-refractivity contribution is 4.88. The normalized spacial score (nSPS) is 46.4. The van der Waals surface area contributed by atoms with Crippen LogP contribution in [-0.4, -0.2) is 62.8 Å². The molecular weight excluding hydrogens is 180 g/mol. The fourth-order valence-electron chi connectivity index (χ4n) is 1.34. The summed E-state index contributed by atoms with van der Waals surface area (Å²) in [5, 5.41) is 45.3. The molecule has 6 nitrogen and oxygen atoms in total. The molecule has 1 aliphatic heterocycles. The zero-order chi connectivity index (χ0) is 10.1. The minimum atomic E-state index is -1.87. The summed E-state index contributed by atoms with van der Waals surface area (Å²) >= 11 is 0. The standard InChI is InChI=1S/C7H14O6/c8-2-5-6(11)4(10)1-7(12,3-9)13-5/h4-6,8-12H,1-3H2/t4-,5-,6+,7-/m1/s1. The monoisotopic (exact) mass is 194 g/mol. The number of hydrogen-bond acceptors (Lipinski definition) is 6. The van der Waals surface area contributed by atoms with Crippen LogP contribution in [0.2, 0.25) is 0 Å². The topological polar surface area (TPSA) is 110 Å². The lowest BCUT2D eigenvalue weighted by Crippen LogP contribution is -2.57. The molecule has 1 aliphatic rings. The summed E-state index contributed by atoms with van der Waals surface area (Å²) in [5.41, 5.74) is 0. The predicted octanol–water partition coefficient (Wildman–Crippen LogP) is -2.83. The zero-order valence-electron chi connectivity index (χ0n) is 7.00. The lowest BCUT2D eigenvalue weighted by Gasteiger charge is -2.40. The van der Waals surface area contributed by atoms with Crippen molar-refractivity contribution in [2.24, 2.45) is 0 Å². The van der Waals surface area contributed by atoms with Gasteiger partial charge in [-0.15, -0.1) is 0 Å². The third-order valence-corrected chi connectivity index (χ3v) is 2.10. The fraction of sp³-hybridized carbons (Fsp3) is 1.00. The summed E-state index contributed by atoms with van der Waals surface area (Å²) < 4.78 is 4.80. The van der Waals surface area contributed by atoms with E-state index in [0.29, 0.717) is 0 Å². The maximum absolute atomic E-state index is 9.42. The molecule has 0 unspecified atom stereocenters. The van der Waals surface area contributed by atoms with Crippen LogP contribution in [0.3, 0.4) is 0 Å². The van der Waals surface area contributed by atoms with Crippen molar-refractivity contribution in [2.45, 2.75) is 30.5 Å². The Bertz CT molecular complexity index is 174. The highest BCUT2D eigenvalue weighted by Gasteiger charge is 2.44. The van der Waals surface area contributed by atoms with Crippen LogP contribution in [-0.2, 0) is 4.74 Å². The Balaban J connectivity index is 2.68. The molecule has 0 aromatic heterocycles. The van der Waals surface area contributed by atoms with E-state index in [1.54, 1.807) is 0 Å². The van der Waals surface area contributed by atoms with Gasteiger partial charge in [0.15, 0.2) is 5.79 Å². The molecule has 13 heavy (non-hydrogen) atoms. The molecule has 5 N–H and O–H groups in total. The quantitative estimate of drug-likeness (QED) is 0.324. The van der Waals surface area contributed by atoms with Gasteiger partial charge in [0.05, 0.1) is 19.3 Å². The van der Waals surface area contributed by atoms with Crippen molar-refractivity contribution >= 4 is 0 Å². The van der Waals surface area contributed by atoms with Gasteiger partial charge in [-0.25, -0.2) is 0 Å². The van der Waals surface area contributed by atoms with Gasteiger partial charge < -0.3 is 30.3 Å². The molecule has 0 bridgehead atoms. The molecule has 1 saturated heterocycles. The van der Waals surface area contributed by atoms with E-state index in [-0.39, 0.29) is 6.42 Å². The number of hydrogen-bond donors (Lipinski definition) is 5. The largest absolute Gasteiger partial charge is 0.394 e. The molecular formula is C7H14O6. The van der Waals surface area contributed by atoms with E-state index in [4.69, 9.17) is 14.9 Å². The van der Waals surface area contributed by atoms with Crippen LogP contribution >= 0.6 is 0 Å². The van der Waals surface area contributed by atoms with Crippen LogP contribution in [0.15, 0.2) is 0 Å². The lowest BCUT2D eigenvalue weighted by atomic mass is 9.96. The summed E-state index contributed by atoms with van der Waals surface area (Å²) in [5.74, 6) is -1.87. The second-order valence-corrected chi connectivity index (χ2v) is 3.21. The first-order valence-corrected chi connectivity index (χ1v) is 4.00. The van der Waals surface area contributed by atoms with Gasteiger partial charge in [-0.05, 0) is 0 Å². The van der Waals surface area contributed by atoms with E-state index in [9.17, 15) is 15.3 Å². The van der Waals surface area contributed by atoms with Gasteiger partial charge in [-0.1, -0.05) is 0 Å². The van der Waals surface area contributed by atoms with Gasteiger partial charge in [0.2, 0.25) is 0 Å². The van der Waals surface area contributed by atoms with E-state index < -0.39 is 37.3 Å². The highest BCUT2D eigenvalue weighted by atomic mass is 16.7. The van der Waals surface area contributed by atoms with E-state index in [1.807, 2.05) is 0 Å². The van der Waals surface area contributed by atoms with E-state index in [1.165, 1.54) is 0 Å². The summed E-state index contributed by atoms with van der Waals surface area (Å²) in [6.45, 7) is -1.21. The molecule has 6 heteroatoms.